The molecule has 188 valence electrons. The van der Waals surface area contributed by atoms with Crippen LogP contribution in [0.5, 0.6) is 0 Å². The Labute approximate surface area is 211 Å². The number of alkyl carbamates (subject to hydrolysis) is 1. The largest absolute Gasteiger partial charge is 0.444 e. The maximum Gasteiger partial charge on any atom is 0.408 e. The highest BCUT2D eigenvalue weighted by Crippen LogP contribution is 2.41. The zero-order chi connectivity index (χ0) is 25.8. The molecule has 0 atom stereocenters. The number of nitrogens with one attached hydrogen (secondary N) is 2. The van der Waals surface area contributed by atoms with E-state index in [-0.39, 0.29) is 5.69 Å². The fourth-order valence-electron chi connectivity index (χ4n) is 4.33. The topological polar surface area (TPSA) is 106 Å². The van der Waals surface area contributed by atoms with Gasteiger partial charge in [-0.05, 0) is 62.8 Å². The molecule has 2 aromatic carbocycles. The molecule has 36 heavy (non-hydrogen) atoms. The number of carbonyl (C=O) groups excluding carboxylic acids is 1. The number of hydrogen-bond donors (Lipinski definition) is 2. The zero-order valence-corrected chi connectivity index (χ0v) is 20.9. The minimum Gasteiger partial charge on any atom is -0.444 e. The number of amides is 1. The van der Waals surface area contributed by atoms with Gasteiger partial charge in [0.15, 0.2) is 0 Å². The van der Waals surface area contributed by atoms with Crippen LogP contribution in [-0.4, -0.2) is 21.6 Å². The average Bonchev–Trinajstić information content (AvgIpc) is 2.80. The van der Waals surface area contributed by atoms with Gasteiger partial charge in [-0.25, -0.2) is 9.78 Å². The molecule has 4 rings (SSSR count). The molecular weight excluding hydrogens is 456 g/mol. The van der Waals surface area contributed by atoms with E-state index in [1.807, 2.05) is 75.4 Å². The van der Waals surface area contributed by atoms with Crippen molar-refractivity contribution >= 4 is 17.6 Å². The lowest BCUT2D eigenvalue weighted by molar-refractivity contribution is -0.385. The Morgan fingerprint density at radius 2 is 1.72 bits per heavy atom. The van der Waals surface area contributed by atoms with Crippen LogP contribution in [0.4, 0.5) is 16.3 Å². The van der Waals surface area contributed by atoms with Gasteiger partial charge in [0.1, 0.15) is 17.1 Å². The fraction of sp³-hybridized carbons (Fsp3) is 0.357. The van der Waals surface area contributed by atoms with Crippen LogP contribution in [0.2, 0.25) is 0 Å². The van der Waals surface area contributed by atoms with Crippen molar-refractivity contribution in [1.82, 2.24) is 10.3 Å². The predicted octanol–water partition coefficient (Wildman–Crippen LogP) is 6.10. The SMILES string of the molecule is CC(C)(C)OC(=O)NC1(c2ccc(Cc3nc(NCc4ccccc4)ccc3[N+](=O)[O-])cc2)CCC1. The van der Waals surface area contributed by atoms with Crippen LogP contribution in [0, 0.1) is 10.1 Å². The lowest BCUT2D eigenvalue weighted by Gasteiger charge is -2.43. The minimum atomic E-state index is -0.564. The van der Waals surface area contributed by atoms with Crippen LogP contribution in [-0.2, 0) is 23.2 Å². The van der Waals surface area contributed by atoms with Crippen LogP contribution >= 0.6 is 0 Å². The lowest BCUT2D eigenvalue weighted by Crippen LogP contribution is -2.52. The normalized spacial score (nSPS) is 14.4. The van der Waals surface area contributed by atoms with E-state index in [4.69, 9.17) is 4.74 Å². The van der Waals surface area contributed by atoms with Crippen molar-refractivity contribution in [2.75, 3.05) is 5.32 Å². The smallest absolute Gasteiger partial charge is 0.408 e. The predicted molar refractivity (Wildman–Crippen MR) is 139 cm³/mol. The van der Waals surface area contributed by atoms with Crippen LogP contribution in [0.15, 0.2) is 66.7 Å². The highest BCUT2D eigenvalue weighted by atomic mass is 16.6. The summed E-state index contributed by atoms with van der Waals surface area (Å²) in [5.41, 5.74) is 2.39. The summed E-state index contributed by atoms with van der Waals surface area (Å²) in [4.78, 5) is 28.2. The average molecular weight is 489 g/mol. The number of nitrogens with zero attached hydrogens (tertiary/aromatic N) is 2. The standard InChI is InChI=1S/C28H32N4O4/c1-27(2,3)36-26(33)31-28(16-7-17-28)22-12-10-20(11-13-22)18-23-24(32(34)35)14-15-25(30-23)29-19-21-8-5-4-6-9-21/h4-6,8-15H,7,16-19H2,1-3H3,(H,29,30)(H,31,33). The van der Waals surface area contributed by atoms with Gasteiger partial charge in [-0.1, -0.05) is 54.6 Å². The maximum absolute atomic E-state index is 12.4. The molecule has 0 spiro atoms. The second-order valence-electron chi connectivity index (χ2n) is 10.2. The Morgan fingerprint density at radius 1 is 1.03 bits per heavy atom. The summed E-state index contributed by atoms with van der Waals surface area (Å²) in [6.45, 7) is 6.10. The fourth-order valence-corrected chi connectivity index (χ4v) is 4.33. The maximum atomic E-state index is 12.4. The first-order valence-electron chi connectivity index (χ1n) is 12.2. The monoisotopic (exact) mass is 488 g/mol. The van der Waals surface area contributed by atoms with Crippen molar-refractivity contribution in [2.45, 2.75) is 64.1 Å². The molecule has 1 amide bonds. The van der Waals surface area contributed by atoms with E-state index in [2.05, 4.69) is 15.6 Å². The molecule has 2 N–H and O–H groups in total. The van der Waals surface area contributed by atoms with Gasteiger partial charge in [0.05, 0.1) is 10.5 Å². The summed E-state index contributed by atoms with van der Waals surface area (Å²) in [5, 5.41) is 17.9. The van der Waals surface area contributed by atoms with Gasteiger partial charge in [0.25, 0.3) is 5.69 Å². The second kappa shape index (κ2) is 10.4. The summed E-state index contributed by atoms with van der Waals surface area (Å²) in [7, 11) is 0. The summed E-state index contributed by atoms with van der Waals surface area (Å²) in [6, 6.07) is 20.9. The zero-order valence-electron chi connectivity index (χ0n) is 20.9. The summed E-state index contributed by atoms with van der Waals surface area (Å²) < 4.78 is 5.46. The van der Waals surface area contributed by atoms with Gasteiger partial charge in [-0.3, -0.25) is 10.1 Å². The summed E-state index contributed by atoms with van der Waals surface area (Å²) in [6.07, 6.45) is 2.60. The first-order valence-corrected chi connectivity index (χ1v) is 12.2. The molecule has 1 heterocycles. The van der Waals surface area contributed by atoms with E-state index >= 15 is 0 Å². The van der Waals surface area contributed by atoms with E-state index in [1.54, 1.807) is 6.07 Å². The van der Waals surface area contributed by atoms with Gasteiger partial charge in [-0.2, -0.15) is 0 Å². The molecule has 0 unspecified atom stereocenters. The van der Waals surface area contributed by atoms with Crippen molar-refractivity contribution in [2.24, 2.45) is 0 Å². The molecule has 1 fully saturated rings. The molecule has 1 aromatic heterocycles. The van der Waals surface area contributed by atoms with Crippen molar-refractivity contribution in [3.63, 3.8) is 0 Å². The third kappa shape index (κ3) is 6.19. The molecule has 0 radical (unpaired) electrons. The first-order chi connectivity index (χ1) is 17.1. The number of benzene rings is 2. The van der Waals surface area contributed by atoms with E-state index < -0.39 is 22.2 Å². The number of rotatable bonds is 8. The Morgan fingerprint density at radius 3 is 2.31 bits per heavy atom. The summed E-state index contributed by atoms with van der Waals surface area (Å²) >= 11 is 0. The van der Waals surface area contributed by atoms with E-state index in [0.29, 0.717) is 24.5 Å². The Hall–Kier alpha value is -3.94. The van der Waals surface area contributed by atoms with E-state index in [9.17, 15) is 14.9 Å². The van der Waals surface area contributed by atoms with E-state index in [0.717, 1.165) is 36.0 Å². The molecule has 1 aliphatic carbocycles. The molecule has 8 heteroatoms. The number of pyridine rings is 1. The molecule has 0 saturated heterocycles. The number of nitro groups is 1. The molecule has 0 bridgehead atoms. The molecule has 8 nitrogen and oxygen atoms in total. The summed E-state index contributed by atoms with van der Waals surface area (Å²) in [5.74, 6) is 0.589. The van der Waals surface area contributed by atoms with Gasteiger partial charge < -0.3 is 15.4 Å². The van der Waals surface area contributed by atoms with Crippen molar-refractivity contribution in [1.29, 1.82) is 0 Å². The minimum absolute atomic E-state index is 0.00797. The highest BCUT2D eigenvalue weighted by Gasteiger charge is 2.41. The molecule has 1 aliphatic rings. The van der Waals surface area contributed by atoms with Gasteiger partial charge in [-0.15, -0.1) is 0 Å². The third-order valence-corrected chi connectivity index (χ3v) is 6.29. The van der Waals surface area contributed by atoms with Gasteiger partial charge in [0, 0.05) is 19.0 Å². The molecule has 3 aromatic rings. The third-order valence-electron chi connectivity index (χ3n) is 6.29. The number of ether oxygens (including phenoxy) is 1. The van der Waals surface area contributed by atoms with Gasteiger partial charge in [0.2, 0.25) is 0 Å². The number of anilines is 1. The number of hydrogen-bond acceptors (Lipinski definition) is 6. The van der Waals surface area contributed by atoms with Crippen molar-refractivity contribution < 1.29 is 14.5 Å². The van der Waals surface area contributed by atoms with Crippen LogP contribution in [0.1, 0.15) is 62.4 Å². The molecule has 0 aliphatic heterocycles. The molecule has 1 saturated carbocycles. The van der Waals surface area contributed by atoms with Crippen LogP contribution in [0.3, 0.4) is 0 Å². The van der Waals surface area contributed by atoms with Crippen LogP contribution < -0.4 is 10.6 Å². The van der Waals surface area contributed by atoms with Crippen molar-refractivity contribution in [3.05, 3.63) is 99.2 Å². The van der Waals surface area contributed by atoms with E-state index in [1.165, 1.54) is 6.07 Å². The molecular formula is C28H32N4O4. The highest BCUT2D eigenvalue weighted by molar-refractivity contribution is 5.69. The van der Waals surface area contributed by atoms with Crippen molar-refractivity contribution in [3.8, 4) is 0 Å². The van der Waals surface area contributed by atoms with Gasteiger partial charge >= 0.3 is 6.09 Å². The second-order valence-corrected chi connectivity index (χ2v) is 10.2. The Balaban J connectivity index is 1.48. The Bertz CT molecular complexity index is 1220. The Kier molecular flexibility index (Phi) is 7.24. The quantitative estimate of drug-likeness (QED) is 0.293. The number of aromatic nitrogens is 1. The number of carbonyl (C=O) groups is 1. The van der Waals surface area contributed by atoms with Crippen LogP contribution in [0.25, 0.3) is 0 Å². The lowest BCUT2D eigenvalue weighted by atomic mass is 9.71. The first kappa shape index (κ1) is 25.2.